The molecule has 0 unspecified atom stereocenters. The first kappa shape index (κ1) is 10.9. The van der Waals surface area contributed by atoms with Gasteiger partial charge < -0.3 is 5.32 Å². The van der Waals surface area contributed by atoms with E-state index >= 15 is 0 Å². The molecule has 1 N–H and O–H groups in total. The Labute approximate surface area is 106 Å². The second-order valence-corrected chi connectivity index (χ2v) is 5.67. The lowest BCUT2D eigenvalue weighted by atomic mass is 10.1. The van der Waals surface area contributed by atoms with Gasteiger partial charge in [-0.3, -0.25) is 4.98 Å². The van der Waals surface area contributed by atoms with E-state index in [1.54, 1.807) is 0 Å². The molecule has 2 heterocycles. The number of anilines is 1. The Bertz CT molecular complexity index is 506. The number of aromatic nitrogens is 1. The van der Waals surface area contributed by atoms with Crippen LogP contribution in [0.3, 0.4) is 0 Å². The van der Waals surface area contributed by atoms with Crippen LogP contribution in [0.2, 0.25) is 0 Å². The van der Waals surface area contributed by atoms with Crippen LogP contribution in [0, 0.1) is 0 Å². The maximum absolute atomic E-state index is 4.34. The fourth-order valence-electron chi connectivity index (χ4n) is 2.24. The molecule has 1 aromatic heterocycles. The van der Waals surface area contributed by atoms with Crippen molar-refractivity contribution in [3.63, 3.8) is 0 Å². The fourth-order valence-corrected chi connectivity index (χ4v) is 3.35. The van der Waals surface area contributed by atoms with Crippen molar-refractivity contribution in [1.82, 2.24) is 4.98 Å². The molecular formula is C14H16N2S. The predicted octanol–water partition coefficient (Wildman–Crippen LogP) is 3.54. The number of thioether (sulfide) groups is 1. The zero-order chi connectivity index (χ0) is 11.5. The number of pyridine rings is 1. The van der Waals surface area contributed by atoms with E-state index in [1.807, 2.05) is 12.3 Å². The molecule has 0 spiro atoms. The molecule has 0 saturated carbocycles. The summed E-state index contributed by atoms with van der Waals surface area (Å²) < 4.78 is 0. The molecule has 1 aliphatic heterocycles. The minimum Gasteiger partial charge on any atom is -0.382 e. The molecule has 3 rings (SSSR count). The molecule has 1 saturated heterocycles. The van der Waals surface area contributed by atoms with E-state index in [0.717, 1.165) is 5.52 Å². The van der Waals surface area contributed by atoms with Crippen molar-refractivity contribution in [2.45, 2.75) is 18.9 Å². The van der Waals surface area contributed by atoms with Crippen molar-refractivity contribution in [2.75, 3.05) is 16.8 Å². The van der Waals surface area contributed by atoms with E-state index in [1.165, 1.54) is 35.4 Å². The second-order valence-electron chi connectivity index (χ2n) is 4.44. The summed E-state index contributed by atoms with van der Waals surface area (Å²) in [5.74, 6) is 2.57. The molecule has 1 aromatic carbocycles. The SMILES string of the molecule is c1cnc2ccc(NC3CCSCC3)cc2c1. The summed E-state index contributed by atoms with van der Waals surface area (Å²) in [6.07, 6.45) is 4.39. The highest BCUT2D eigenvalue weighted by atomic mass is 32.2. The Kier molecular flexibility index (Phi) is 3.18. The van der Waals surface area contributed by atoms with Gasteiger partial charge in [-0.2, -0.15) is 11.8 Å². The Morgan fingerprint density at radius 2 is 2.06 bits per heavy atom. The monoisotopic (exact) mass is 244 g/mol. The van der Waals surface area contributed by atoms with Gasteiger partial charge in [0.25, 0.3) is 0 Å². The van der Waals surface area contributed by atoms with Gasteiger partial charge in [0.2, 0.25) is 0 Å². The van der Waals surface area contributed by atoms with E-state index in [0.29, 0.717) is 6.04 Å². The lowest BCUT2D eigenvalue weighted by Gasteiger charge is -2.23. The van der Waals surface area contributed by atoms with Crippen LogP contribution in [0.25, 0.3) is 10.9 Å². The van der Waals surface area contributed by atoms with Crippen LogP contribution in [0.15, 0.2) is 36.5 Å². The number of hydrogen-bond donors (Lipinski definition) is 1. The van der Waals surface area contributed by atoms with E-state index in [9.17, 15) is 0 Å². The first-order valence-electron chi connectivity index (χ1n) is 6.11. The largest absolute Gasteiger partial charge is 0.382 e. The minimum absolute atomic E-state index is 0.644. The summed E-state index contributed by atoms with van der Waals surface area (Å²) in [6, 6.07) is 11.2. The summed E-state index contributed by atoms with van der Waals surface area (Å²) in [6.45, 7) is 0. The highest BCUT2D eigenvalue weighted by Crippen LogP contribution is 2.23. The van der Waals surface area contributed by atoms with Crippen molar-refractivity contribution in [3.05, 3.63) is 36.5 Å². The van der Waals surface area contributed by atoms with E-state index in [-0.39, 0.29) is 0 Å². The summed E-state index contributed by atoms with van der Waals surface area (Å²) in [4.78, 5) is 4.34. The van der Waals surface area contributed by atoms with Gasteiger partial charge in [-0.05, 0) is 48.6 Å². The third-order valence-electron chi connectivity index (χ3n) is 3.20. The van der Waals surface area contributed by atoms with Crippen LogP contribution < -0.4 is 5.32 Å². The normalized spacial score (nSPS) is 17.2. The van der Waals surface area contributed by atoms with Gasteiger partial charge in [-0.25, -0.2) is 0 Å². The molecule has 2 nitrogen and oxygen atoms in total. The Morgan fingerprint density at radius 3 is 2.94 bits per heavy atom. The van der Waals surface area contributed by atoms with Crippen LogP contribution in [-0.4, -0.2) is 22.5 Å². The van der Waals surface area contributed by atoms with Crippen LogP contribution in [0.5, 0.6) is 0 Å². The summed E-state index contributed by atoms with van der Waals surface area (Å²) >= 11 is 2.06. The average Bonchev–Trinajstić information content (AvgIpc) is 2.40. The zero-order valence-corrected chi connectivity index (χ0v) is 10.5. The lowest BCUT2D eigenvalue weighted by molar-refractivity contribution is 0.667. The molecule has 0 aliphatic carbocycles. The van der Waals surface area contributed by atoms with Crippen molar-refractivity contribution < 1.29 is 0 Å². The fraction of sp³-hybridized carbons (Fsp3) is 0.357. The molecule has 2 aromatic rings. The zero-order valence-electron chi connectivity index (χ0n) is 9.73. The Morgan fingerprint density at radius 1 is 1.18 bits per heavy atom. The van der Waals surface area contributed by atoms with Crippen molar-refractivity contribution >= 4 is 28.4 Å². The number of fused-ring (bicyclic) bond motifs is 1. The van der Waals surface area contributed by atoms with Crippen LogP contribution in [0.4, 0.5) is 5.69 Å². The Balaban J connectivity index is 1.80. The van der Waals surface area contributed by atoms with Gasteiger partial charge in [0.15, 0.2) is 0 Å². The predicted molar refractivity (Wildman–Crippen MR) is 75.7 cm³/mol. The van der Waals surface area contributed by atoms with Crippen LogP contribution >= 0.6 is 11.8 Å². The Hall–Kier alpha value is -1.22. The highest BCUT2D eigenvalue weighted by molar-refractivity contribution is 7.99. The van der Waals surface area contributed by atoms with Crippen molar-refractivity contribution in [3.8, 4) is 0 Å². The maximum atomic E-state index is 4.34. The van der Waals surface area contributed by atoms with Crippen LogP contribution in [-0.2, 0) is 0 Å². The highest BCUT2D eigenvalue weighted by Gasteiger charge is 2.13. The van der Waals surface area contributed by atoms with Crippen LogP contribution in [0.1, 0.15) is 12.8 Å². The number of benzene rings is 1. The topological polar surface area (TPSA) is 24.9 Å². The first-order valence-corrected chi connectivity index (χ1v) is 7.26. The molecule has 17 heavy (non-hydrogen) atoms. The molecule has 0 amide bonds. The van der Waals surface area contributed by atoms with Gasteiger partial charge in [-0.1, -0.05) is 6.07 Å². The third-order valence-corrected chi connectivity index (χ3v) is 4.24. The molecule has 3 heteroatoms. The van der Waals surface area contributed by atoms with Gasteiger partial charge in [0.1, 0.15) is 0 Å². The minimum atomic E-state index is 0.644. The second kappa shape index (κ2) is 4.96. The van der Waals surface area contributed by atoms with Crippen molar-refractivity contribution in [1.29, 1.82) is 0 Å². The quantitative estimate of drug-likeness (QED) is 0.874. The van der Waals surface area contributed by atoms with E-state index in [4.69, 9.17) is 0 Å². The smallest absolute Gasteiger partial charge is 0.0703 e. The molecular weight excluding hydrogens is 228 g/mol. The van der Waals surface area contributed by atoms with Gasteiger partial charge in [0, 0.05) is 23.3 Å². The molecule has 0 bridgehead atoms. The van der Waals surface area contributed by atoms with Gasteiger partial charge in [-0.15, -0.1) is 0 Å². The summed E-state index contributed by atoms with van der Waals surface area (Å²) in [5.41, 5.74) is 2.29. The van der Waals surface area contributed by atoms with Gasteiger partial charge >= 0.3 is 0 Å². The lowest BCUT2D eigenvalue weighted by Crippen LogP contribution is -2.24. The number of nitrogens with zero attached hydrogens (tertiary/aromatic N) is 1. The summed E-state index contributed by atoms with van der Waals surface area (Å²) in [5, 5.41) is 4.84. The first-order chi connectivity index (χ1) is 8.42. The van der Waals surface area contributed by atoms with Crippen molar-refractivity contribution in [2.24, 2.45) is 0 Å². The molecule has 88 valence electrons. The summed E-state index contributed by atoms with van der Waals surface area (Å²) in [7, 11) is 0. The maximum Gasteiger partial charge on any atom is 0.0703 e. The number of nitrogens with one attached hydrogen (secondary N) is 1. The van der Waals surface area contributed by atoms with E-state index < -0.39 is 0 Å². The van der Waals surface area contributed by atoms with E-state index in [2.05, 4.69) is 46.3 Å². The average molecular weight is 244 g/mol. The molecule has 1 fully saturated rings. The molecule has 0 atom stereocenters. The van der Waals surface area contributed by atoms with Gasteiger partial charge in [0.05, 0.1) is 5.52 Å². The third kappa shape index (κ3) is 2.55. The standard InChI is InChI=1S/C14H16N2S/c1-2-11-10-13(3-4-14(11)15-7-1)16-12-5-8-17-9-6-12/h1-4,7,10,12,16H,5-6,8-9H2. The number of hydrogen-bond acceptors (Lipinski definition) is 3. The molecule has 0 radical (unpaired) electrons. The number of rotatable bonds is 2. The molecule has 1 aliphatic rings.